The van der Waals surface area contributed by atoms with Crippen molar-refractivity contribution >= 4 is 17.3 Å². The van der Waals surface area contributed by atoms with Crippen LogP contribution in [0.2, 0.25) is 0 Å². The van der Waals surface area contributed by atoms with Gasteiger partial charge in [0.05, 0.1) is 11.1 Å². The average molecular weight is 290 g/mol. The van der Waals surface area contributed by atoms with Crippen molar-refractivity contribution in [2.45, 2.75) is 13.5 Å². The first-order valence-electron chi connectivity index (χ1n) is 6.05. The van der Waals surface area contributed by atoms with Gasteiger partial charge in [-0.1, -0.05) is 6.07 Å². The van der Waals surface area contributed by atoms with Gasteiger partial charge in [0.15, 0.2) is 0 Å². The molecule has 0 saturated carbocycles. The zero-order valence-corrected chi connectivity index (χ0v) is 11.2. The fraction of sp³-hybridized carbons (Fsp3) is 0.167. The van der Waals surface area contributed by atoms with Crippen molar-refractivity contribution in [3.63, 3.8) is 0 Å². The SMILES string of the molecule is Cc1[nH]ncc1CNC(=O)c1cccc(NN)c1[N+](=O)[O-]. The summed E-state index contributed by atoms with van der Waals surface area (Å²) in [7, 11) is 0. The van der Waals surface area contributed by atoms with Gasteiger partial charge in [0.25, 0.3) is 5.91 Å². The number of nitrogen functional groups attached to an aromatic ring is 1. The smallest absolute Gasteiger partial charge is 0.306 e. The number of aryl methyl sites for hydroxylation is 1. The van der Waals surface area contributed by atoms with Crippen LogP contribution in [0, 0.1) is 17.0 Å². The number of nitrogens with zero attached hydrogens (tertiary/aromatic N) is 2. The molecule has 0 aliphatic carbocycles. The molecule has 1 amide bonds. The average Bonchev–Trinajstić information content (AvgIpc) is 2.89. The summed E-state index contributed by atoms with van der Waals surface area (Å²) < 4.78 is 0. The molecule has 21 heavy (non-hydrogen) atoms. The van der Waals surface area contributed by atoms with Crippen molar-refractivity contribution < 1.29 is 9.72 Å². The molecule has 5 N–H and O–H groups in total. The van der Waals surface area contributed by atoms with Gasteiger partial charge in [0, 0.05) is 17.8 Å². The Morgan fingerprint density at radius 3 is 2.86 bits per heavy atom. The van der Waals surface area contributed by atoms with Crippen LogP contribution < -0.4 is 16.6 Å². The van der Waals surface area contributed by atoms with E-state index in [1.165, 1.54) is 18.2 Å². The largest absolute Gasteiger partial charge is 0.348 e. The summed E-state index contributed by atoms with van der Waals surface area (Å²) in [6.07, 6.45) is 1.59. The van der Waals surface area contributed by atoms with Crippen LogP contribution >= 0.6 is 0 Å². The number of aromatic nitrogens is 2. The standard InChI is InChI=1S/C12H14N6O3/c1-7-8(6-15-17-7)5-14-12(19)9-3-2-4-10(16-13)11(9)18(20)21/h2-4,6,16H,5,13H2,1H3,(H,14,19)(H,15,17). The Kier molecular flexibility index (Phi) is 4.14. The summed E-state index contributed by atoms with van der Waals surface area (Å²) in [5.74, 6) is 4.67. The summed E-state index contributed by atoms with van der Waals surface area (Å²) in [6.45, 7) is 2.04. The number of hydrogen-bond donors (Lipinski definition) is 4. The summed E-state index contributed by atoms with van der Waals surface area (Å²) >= 11 is 0. The van der Waals surface area contributed by atoms with Gasteiger partial charge < -0.3 is 10.7 Å². The second-order valence-electron chi connectivity index (χ2n) is 4.31. The van der Waals surface area contributed by atoms with Gasteiger partial charge in [-0.15, -0.1) is 0 Å². The van der Waals surface area contributed by atoms with E-state index in [9.17, 15) is 14.9 Å². The van der Waals surface area contributed by atoms with Crippen molar-refractivity contribution in [2.75, 3.05) is 5.43 Å². The lowest BCUT2D eigenvalue weighted by atomic mass is 10.1. The number of para-hydroxylation sites is 1. The molecule has 0 aliphatic rings. The minimum atomic E-state index is -0.646. The lowest BCUT2D eigenvalue weighted by Gasteiger charge is -2.08. The third kappa shape index (κ3) is 2.98. The lowest BCUT2D eigenvalue weighted by Crippen LogP contribution is -2.24. The highest BCUT2D eigenvalue weighted by Gasteiger charge is 2.24. The van der Waals surface area contributed by atoms with E-state index in [1.54, 1.807) is 6.20 Å². The topological polar surface area (TPSA) is 139 Å². The zero-order chi connectivity index (χ0) is 15.4. The van der Waals surface area contributed by atoms with Gasteiger partial charge in [-0.05, 0) is 19.1 Å². The van der Waals surface area contributed by atoms with Gasteiger partial charge in [0.2, 0.25) is 0 Å². The fourth-order valence-electron chi connectivity index (χ4n) is 1.86. The summed E-state index contributed by atoms with van der Waals surface area (Å²) in [5, 5.41) is 20.3. The number of benzene rings is 1. The number of nitrogens with one attached hydrogen (secondary N) is 3. The number of rotatable bonds is 5. The summed E-state index contributed by atoms with van der Waals surface area (Å²) in [5.41, 5.74) is 3.50. The van der Waals surface area contributed by atoms with E-state index in [1.807, 2.05) is 6.92 Å². The minimum Gasteiger partial charge on any atom is -0.348 e. The van der Waals surface area contributed by atoms with Crippen LogP contribution in [0.5, 0.6) is 0 Å². The Bertz CT molecular complexity index is 681. The van der Waals surface area contributed by atoms with Crippen LogP contribution in [-0.2, 0) is 6.54 Å². The number of anilines is 1. The predicted octanol–water partition coefficient (Wildman–Crippen LogP) is 0.842. The molecule has 110 valence electrons. The molecule has 0 aliphatic heterocycles. The van der Waals surface area contributed by atoms with E-state index in [4.69, 9.17) is 5.84 Å². The third-order valence-electron chi connectivity index (χ3n) is 2.99. The predicted molar refractivity (Wildman–Crippen MR) is 75.4 cm³/mol. The first kappa shape index (κ1) is 14.5. The quantitative estimate of drug-likeness (QED) is 0.365. The highest BCUT2D eigenvalue weighted by Crippen LogP contribution is 2.27. The lowest BCUT2D eigenvalue weighted by molar-refractivity contribution is -0.384. The molecule has 1 aromatic heterocycles. The number of hydrazine groups is 1. The molecule has 9 nitrogen and oxygen atoms in total. The number of nitrogens with two attached hydrogens (primary N) is 1. The minimum absolute atomic E-state index is 0.0587. The number of nitro benzene ring substituents is 1. The number of amides is 1. The number of carbonyl (C=O) groups is 1. The number of hydrogen-bond acceptors (Lipinski definition) is 6. The molecule has 2 aromatic rings. The van der Waals surface area contributed by atoms with Gasteiger partial charge >= 0.3 is 5.69 Å². The molecule has 1 aromatic carbocycles. The van der Waals surface area contributed by atoms with E-state index in [-0.39, 0.29) is 23.5 Å². The normalized spacial score (nSPS) is 10.2. The molecule has 0 unspecified atom stereocenters. The molecule has 9 heteroatoms. The van der Waals surface area contributed by atoms with Crippen LogP contribution in [0.25, 0.3) is 0 Å². The van der Waals surface area contributed by atoms with Crippen molar-refractivity contribution in [1.82, 2.24) is 15.5 Å². The van der Waals surface area contributed by atoms with Gasteiger partial charge in [0.1, 0.15) is 11.3 Å². The van der Waals surface area contributed by atoms with Crippen molar-refractivity contribution in [1.29, 1.82) is 0 Å². The molecule has 0 spiro atoms. The van der Waals surface area contributed by atoms with Crippen LogP contribution in [0.1, 0.15) is 21.6 Å². The van der Waals surface area contributed by atoms with E-state index < -0.39 is 10.8 Å². The van der Waals surface area contributed by atoms with E-state index >= 15 is 0 Å². The van der Waals surface area contributed by atoms with Gasteiger partial charge in [-0.2, -0.15) is 5.10 Å². The summed E-state index contributed by atoms with van der Waals surface area (Å²) in [6, 6.07) is 4.31. The number of carbonyl (C=O) groups excluding carboxylic acids is 1. The number of nitro groups is 1. The van der Waals surface area contributed by atoms with Crippen molar-refractivity contribution in [3.8, 4) is 0 Å². The molecule has 1 heterocycles. The second-order valence-corrected chi connectivity index (χ2v) is 4.31. The van der Waals surface area contributed by atoms with Crippen LogP contribution in [0.3, 0.4) is 0 Å². The maximum Gasteiger partial charge on any atom is 0.306 e. The molecule has 0 radical (unpaired) electrons. The summed E-state index contributed by atoms with van der Waals surface area (Å²) in [4.78, 5) is 22.6. The van der Waals surface area contributed by atoms with Crippen molar-refractivity contribution in [2.24, 2.45) is 5.84 Å². The third-order valence-corrected chi connectivity index (χ3v) is 2.99. The Labute approximate surface area is 119 Å². The number of aromatic amines is 1. The highest BCUT2D eigenvalue weighted by molar-refractivity contribution is 6.00. The van der Waals surface area contributed by atoms with Crippen LogP contribution in [0.4, 0.5) is 11.4 Å². The van der Waals surface area contributed by atoms with Crippen LogP contribution in [-0.4, -0.2) is 21.0 Å². The first-order chi connectivity index (χ1) is 10.0. The Morgan fingerprint density at radius 1 is 1.52 bits per heavy atom. The molecule has 0 fully saturated rings. The fourth-order valence-corrected chi connectivity index (χ4v) is 1.86. The van der Waals surface area contributed by atoms with Gasteiger partial charge in [-0.3, -0.25) is 25.9 Å². The van der Waals surface area contributed by atoms with E-state index in [2.05, 4.69) is 20.9 Å². The van der Waals surface area contributed by atoms with Crippen molar-refractivity contribution in [3.05, 3.63) is 51.3 Å². The Balaban J connectivity index is 2.23. The van der Waals surface area contributed by atoms with E-state index in [0.717, 1.165) is 11.3 Å². The molecular formula is C12H14N6O3. The maximum atomic E-state index is 12.1. The molecular weight excluding hydrogens is 276 g/mol. The number of H-pyrrole nitrogens is 1. The van der Waals surface area contributed by atoms with Gasteiger partial charge in [-0.25, -0.2) is 0 Å². The molecule has 0 atom stereocenters. The molecule has 2 rings (SSSR count). The second kappa shape index (κ2) is 6.01. The highest BCUT2D eigenvalue weighted by atomic mass is 16.6. The van der Waals surface area contributed by atoms with E-state index in [0.29, 0.717) is 0 Å². The van der Waals surface area contributed by atoms with Crippen LogP contribution in [0.15, 0.2) is 24.4 Å². The Hall–Kier alpha value is -2.94. The monoisotopic (exact) mass is 290 g/mol. The molecule has 0 bridgehead atoms. The molecule has 0 saturated heterocycles. The zero-order valence-electron chi connectivity index (χ0n) is 11.2. The first-order valence-corrected chi connectivity index (χ1v) is 6.05. The Morgan fingerprint density at radius 2 is 2.29 bits per heavy atom. The maximum absolute atomic E-state index is 12.1.